The normalized spacial score (nSPS) is 12.4. The van der Waals surface area contributed by atoms with Crippen LogP contribution in [0, 0.1) is 0 Å². The van der Waals surface area contributed by atoms with Crippen LogP contribution in [0.15, 0.2) is 34.1 Å². The molecular weight excluding hydrogens is 368 g/mol. The first-order chi connectivity index (χ1) is 9.99. The number of nitrogens with two attached hydrogens (primary N) is 1. The molecule has 1 atom stereocenters. The molecule has 21 heavy (non-hydrogen) atoms. The summed E-state index contributed by atoms with van der Waals surface area (Å²) < 4.78 is 1.13. The Morgan fingerprint density at radius 2 is 2.14 bits per heavy atom. The highest BCUT2D eigenvalue weighted by Crippen LogP contribution is 2.29. The number of rotatable bonds is 6. The fourth-order valence-electron chi connectivity index (χ4n) is 2.19. The smallest absolute Gasteiger partial charge is 0.0642 e. The van der Waals surface area contributed by atoms with Gasteiger partial charge in [-0.1, -0.05) is 24.6 Å². The zero-order valence-electron chi connectivity index (χ0n) is 12.3. The van der Waals surface area contributed by atoms with E-state index in [2.05, 4.69) is 58.4 Å². The lowest BCUT2D eigenvalue weighted by Gasteiger charge is -2.20. The van der Waals surface area contributed by atoms with Crippen LogP contribution in [-0.4, -0.2) is 13.1 Å². The standard InChI is InChI=1S/C16H20BrClN2S/c1-3-13(19)6-11-4-5-16(15(18)7-11)20(2)9-14-8-12(17)10-21-14/h4-5,7-8,10,13H,3,6,9,19H2,1-2H3. The molecular formula is C16H20BrClN2S. The predicted octanol–water partition coefficient (Wildman–Crippen LogP) is 5.08. The minimum atomic E-state index is 0.202. The third kappa shape index (κ3) is 4.71. The van der Waals surface area contributed by atoms with E-state index < -0.39 is 0 Å². The average molecular weight is 388 g/mol. The predicted molar refractivity (Wildman–Crippen MR) is 97.5 cm³/mol. The van der Waals surface area contributed by atoms with Crippen molar-refractivity contribution in [2.45, 2.75) is 32.4 Å². The van der Waals surface area contributed by atoms with Gasteiger partial charge in [0.2, 0.25) is 0 Å². The Labute approximate surface area is 144 Å². The van der Waals surface area contributed by atoms with Crippen molar-refractivity contribution in [2.75, 3.05) is 11.9 Å². The molecule has 0 fully saturated rings. The van der Waals surface area contributed by atoms with Crippen molar-refractivity contribution in [1.29, 1.82) is 0 Å². The molecule has 2 rings (SSSR count). The van der Waals surface area contributed by atoms with Crippen molar-refractivity contribution in [3.05, 3.63) is 49.6 Å². The van der Waals surface area contributed by atoms with E-state index in [-0.39, 0.29) is 6.04 Å². The molecule has 0 amide bonds. The average Bonchev–Trinajstić information content (AvgIpc) is 2.83. The van der Waals surface area contributed by atoms with Gasteiger partial charge in [0, 0.05) is 27.8 Å². The third-order valence-corrected chi connectivity index (χ3v) is 5.45. The van der Waals surface area contributed by atoms with Crippen molar-refractivity contribution in [1.82, 2.24) is 0 Å². The Hall–Kier alpha value is -0.550. The highest BCUT2D eigenvalue weighted by Gasteiger charge is 2.10. The first-order valence-corrected chi connectivity index (χ1v) is 9.02. The summed E-state index contributed by atoms with van der Waals surface area (Å²) in [5.41, 5.74) is 8.25. The topological polar surface area (TPSA) is 29.3 Å². The molecule has 0 saturated heterocycles. The van der Waals surface area contributed by atoms with E-state index in [1.54, 1.807) is 11.3 Å². The zero-order chi connectivity index (χ0) is 15.4. The van der Waals surface area contributed by atoms with E-state index in [4.69, 9.17) is 17.3 Å². The van der Waals surface area contributed by atoms with Crippen molar-refractivity contribution < 1.29 is 0 Å². The molecule has 0 spiro atoms. The van der Waals surface area contributed by atoms with Crippen LogP contribution in [0.4, 0.5) is 5.69 Å². The van der Waals surface area contributed by atoms with Crippen LogP contribution in [0.5, 0.6) is 0 Å². The number of nitrogens with zero attached hydrogens (tertiary/aromatic N) is 1. The van der Waals surface area contributed by atoms with Crippen molar-refractivity contribution in [2.24, 2.45) is 5.73 Å². The van der Waals surface area contributed by atoms with Gasteiger partial charge in [-0.2, -0.15) is 0 Å². The molecule has 0 aliphatic carbocycles. The molecule has 114 valence electrons. The Balaban J connectivity index is 2.09. The quantitative estimate of drug-likeness (QED) is 0.749. The van der Waals surface area contributed by atoms with E-state index in [0.717, 1.165) is 34.6 Å². The molecule has 2 N–H and O–H groups in total. The van der Waals surface area contributed by atoms with Crippen molar-refractivity contribution in [3.63, 3.8) is 0 Å². The summed E-state index contributed by atoms with van der Waals surface area (Å²) in [4.78, 5) is 3.47. The van der Waals surface area contributed by atoms with Gasteiger partial charge in [-0.3, -0.25) is 0 Å². The maximum absolute atomic E-state index is 6.43. The van der Waals surface area contributed by atoms with Crippen LogP contribution in [0.3, 0.4) is 0 Å². The fraction of sp³-hybridized carbons (Fsp3) is 0.375. The van der Waals surface area contributed by atoms with Gasteiger partial charge in [0.1, 0.15) is 0 Å². The Kier molecular flexibility index (Phi) is 6.11. The van der Waals surface area contributed by atoms with Gasteiger partial charge in [-0.05, 0) is 52.5 Å². The first kappa shape index (κ1) is 16.8. The van der Waals surface area contributed by atoms with Gasteiger partial charge < -0.3 is 10.6 Å². The minimum Gasteiger partial charge on any atom is -0.368 e. The van der Waals surface area contributed by atoms with Gasteiger partial charge in [-0.25, -0.2) is 0 Å². The second-order valence-electron chi connectivity index (χ2n) is 5.25. The highest BCUT2D eigenvalue weighted by atomic mass is 79.9. The maximum atomic E-state index is 6.43. The number of hydrogen-bond acceptors (Lipinski definition) is 3. The van der Waals surface area contributed by atoms with Gasteiger partial charge in [0.05, 0.1) is 17.3 Å². The lowest BCUT2D eigenvalue weighted by molar-refractivity contribution is 0.646. The van der Waals surface area contributed by atoms with Crippen LogP contribution in [0.25, 0.3) is 0 Å². The Bertz CT molecular complexity index is 600. The monoisotopic (exact) mass is 386 g/mol. The van der Waals surface area contributed by atoms with Gasteiger partial charge in [0.25, 0.3) is 0 Å². The summed E-state index contributed by atoms with van der Waals surface area (Å²) in [6.07, 6.45) is 1.85. The maximum Gasteiger partial charge on any atom is 0.0642 e. The molecule has 1 aromatic heterocycles. The van der Waals surface area contributed by atoms with Crippen LogP contribution >= 0.6 is 38.9 Å². The summed E-state index contributed by atoms with van der Waals surface area (Å²) in [5.74, 6) is 0. The SMILES string of the molecule is CCC(N)Cc1ccc(N(C)Cc2cc(Br)cs2)c(Cl)c1. The largest absolute Gasteiger partial charge is 0.368 e. The molecule has 2 aromatic rings. The molecule has 5 heteroatoms. The van der Waals surface area contributed by atoms with E-state index in [1.165, 1.54) is 10.4 Å². The summed E-state index contributed by atoms with van der Waals surface area (Å²) in [7, 11) is 2.06. The van der Waals surface area contributed by atoms with Gasteiger partial charge in [-0.15, -0.1) is 11.3 Å². The lowest BCUT2D eigenvalue weighted by atomic mass is 10.0. The number of hydrogen-bond donors (Lipinski definition) is 1. The molecule has 1 heterocycles. The van der Waals surface area contributed by atoms with E-state index >= 15 is 0 Å². The molecule has 1 aromatic carbocycles. The summed E-state index contributed by atoms with van der Waals surface area (Å²) in [6, 6.07) is 8.59. The molecule has 0 radical (unpaired) electrons. The molecule has 1 unspecified atom stereocenters. The molecule has 2 nitrogen and oxygen atoms in total. The number of benzene rings is 1. The zero-order valence-corrected chi connectivity index (χ0v) is 15.4. The lowest BCUT2D eigenvalue weighted by Crippen LogP contribution is -2.21. The van der Waals surface area contributed by atoms with Crippen molar-refractivity contribution >= 4 is 44.6 Å². The highest BCUT2D eigenvalue weighted by molar-refractivity contribution is 9.10. The molecule has 0 bridgehead atoms. The summed E-state index contributed by atoms with van der Waals surface area (Å²) in [5, 5.41) is 2.88. The summed E-state index contributed by atoms with van der Waals surface area (Å²) >= 11 is 11.7. The molecule has 0 saturated carbocycles. The fourth-order valence-corrected chi connectivity index (χ4v) is 4.04. The second-order valence-corrected chi connectivity index (χ2v) is 7.56. The third-order valence-electron chi connectivity index (χ3n) is 3.46. The van der Waals surface area contributed by atoms with Crippen LogP contribution < -0.4 is 10.6 Å². The molecule has 0 aliphatic heterocycles. The summed E-state index contributed by atoms with van der Waals surface area (Å²) in [6.45, 7) is 2.96. The van der Waals surface area contributed by atoms with Gasteiger partial charge in [0.15, 0.2) is 0 Å². The number of halogens is 2. The Morgan fingerprint density at radius 1 is 1.38 bits per heavy atom. The van der Waals surface area contributed by atoms with Crippen molar-refractivity contribution in [3.8, 4) is 0 Å². The van der Waals surface area contributed by atoms with Gasteiger partial charge >= 0.3 is 0 Å². The van der Waals surface area contributed by atoms with E-state index in [9.17, 15) is 0 Å². The second kappa shape index (κ2) is 7.63. The Morgan fingerprint density at radius 3 is 2.71 bits per heavy atom. The van der Waals surface area contributed by atoms with Crippen LogP contribution in [0.2, 0.25) is 5.02 Å². The number of thiophene rings is 1. The van der Waals surface area contributed by atoms with Crippen LogP contribution in [-0.2, 0) is 13.0 Å². The van der Waals surface area contributed by atoms with E-state index in [0.29, 0.717) is 0 Å². The minimum absolute atomic E-state index is 0.202. The number of anilines is 1. The first-order valence-electron chi connectivity index (χ1n) is 6.97. The molecule has 0 aliphatic rings. The van der Waals surface area contributed by atoms with E-state index in [1.807, 2.05) is 6.07 Å². The van der Waals surface area contributed by atoms with Crippen LogP contribution in [0.1, 0.15) is 23.8 Å².